The molecular formula is C9H15N3O. The fourth-order valence-corrected chi connectivity index (χ4v) is 1.15. The lowest BCUT2D eigenvalue weighted by Gasteiger charge is -2.05. The van der Waals surface area contributed by atoms with Gasteiger partial charge in [0.2, 0.25) is 5.95 Å². The lowest BCUT2D eigenvalue weighted by Crippen LogP contribution is -2.13. The quantitative estimate of drug-likeness (QED) is 0.731. The van der Waals surface area contributed by atoms with Crippen molar-refractivity contribution in [1.29, 1.82) is 0 Å². The minimum absolute atomic E-state index is 0.102. The molecule has 0 saturated heterocycles. The SMILES string of the molecule is CNc1nc(CC(C)C)cc(=O)[nH]1. The molecule has 1 aromatic rings. The summed E-state index contributed by atoms with van der Waals surface area (Å²) in [7, 11) is 1.73. The third kappa shape index (κ3) is 2.89. The second kappa shape index (κ2) is 4.07. The fraction of sp³-hybridized carbons (Fsp3) is 0.556. The highest BCUT2D eigenvalue weighted by Crippen LogP contribution is 2.04. The number of rotatable bonds is 3. The maximum Gasteiger partial charge on any atom is 0.252 e. The van der Waals surface area contributed by atoms with Crippen LogP contribution in [0.5, 0.6) is 0 Å². The second-order valence-electron chi connectivity index (χ2n) is 3.43. The Morgan fingerprint density at radius 1 is 1.62 bits per heavy atom. The Bertz CT molecular complexity index is 330. The normalized spacial score (nSPS) is 10.5. The molecule has 1 rings (SSSR count). The average Bonchev–Trinajstić information content (AvgIpc) is 2.01. The van der Waals surface area contributed by atoms with Gasteiger partial charge >= 0.3 is 0 Å². The molecule has 2 N–H and O–H groups in total. The third-order valence-corrected chi connectivity index (χ3v) is 1.65. The van der Waals surface area contributed by atoms with E-state index in [1.807, 2.05) is 0 Å². The third-order valence-electron chi connectivity index (χ3n) is 1.65. The molecule has 0 bridgehead atoms. The monoisotopic (exact) mass is 181 g/mol. The number of hydrogen-bond acceptors (Lipinski definition) is 3. The Hall–Kier alpha value is -1.32. The van der Waals surface area contributed by atoms with Gasteiger partial charge in [-0.3, -0.25) is 9.78 Å². The fourth-order valence-electron chi connectivity index (χ4n) is 1.15. The maximum absolute atomic E-state index is 11.1. The number of nitrogens with one attached hydrogen (secondary N) is 2. The molecule has 4 nitrogen and oxygen atoms in total. The summed E-state index contributed by atoms with van der Waals surface area (Å²) >= 11 is 0. The molecule has 72 valence electrons. The summed E-state index contributed by atoms with van der Waals surface area (Å²) < 4.78 is 0. The number of H-pyrrole nitrogens is 1. The van der Waals surface area contributed by atoms with Gasteiger partial charge in [-0.05, 0) is 12.3 Å². The molecule has 0 saturated carbocycles. The van der Waals surface area contributed by atoms with Gasteiger partial charge in [0.25, 0.3) is 5.56 Å². The van der Waals surface area contributed by atoms with Gasteiger partial charge in [0, 0.05) is 13.1 Å². The zero-order valence-electron chi connectivity index (χ0n) is 8.22. The van der Waals surface area contributed by atoms with Crippen LogP contribution in [-0.4, -0.2) is 17.0 Å². The summed E-state index contributed by atoms with van der Waals surface area (Å²) in [4.78, 5) is 17.9. The summed E-state index contributed by atoms with van der Waals surface area (Å²) in [5.74, 6) is 1.04. The van der Waals surface area contributed by atoms with Crippen LogP contribution < -0.4 is 10.9 Å². The first kappa shape index (κ1) is 9.77. The zero-order valence-corrected chi connectivity index (χ0v) is 8.22. The lowest BCUT2D eigenvalue weighted by atomic mass is 10.1. The van der Waals surface area contributed by atoms with Crippen LogP contribution in [0.15, 0.2) is 10.9 Å². The molecule has 0 unspecified atom stereocenters. The van der Waals surface area contributed by atoms with Crippen LogP contribution in [0.25, 0.3) is 0 Å². The van der Waals surface area contributed by atoms with Crippen LogP contribution >= 0.6 is 0 Å². The highest BCUT2D eigenvalue weighted by molar-refractivity contribution is 5.23. The number of anilines is 1. The number of aromatic amines is 1. The predicted octanol–water partition coefficient (Wildman–Crippen LogP) is 1.01. The Labute approximate surface area is 77.4 Å². The summed E-state index contributed by atoms with van der Waals surface area (Å²) in [6, 6.07) is 1.54. The first-order valence-electron chi connectivity index (χ1n) is 4.40. The molecule has 0 aliphatic heterocycles. The number of aromatic nitrogens is 2. The van der Waals surface area contributed by atoms with Crippen LogP contribution in [0.1, 0.15) is 19.5 Å². The molecule has 0 fully saturated rings. The van der Waals surface area contributed by atoms with Gasteiger partial charge in [0.15, 0.2) is 0 Å². The van der Waals surface area contributed by atoms with E-state index in [1.54, 1.807) is 13.1 Å². The van der Waals surface area contributed by atoms with Gasteiger partial charge in [-0.15, -0.1) is 0 Å². The van der Waals surface area contributed by atoms with Crippen LogP contribution in [0.4, 0.5) is 5.95 Å². The van der Waals surface area contributed by atoms with Crippen molar-refractivity contribution in [2.75, 3.05) is 12.4 Å². The molecule has 0 aliphatic rings. The molecule has 0 spiro atoms. The lowest BCUT2D eigenvalue weighted by molar-refractivity contribution is 0.634. The molecule has 0 radical (unpaired) electrons. The molecule has 0 aliphatic carbocycles. The summed E-state index contributed by atoms with van der Waals surface area (Å²) in [5, 5.41) is 2.81. The van der Waals surface area contributed by atoms with Crippen molar-refractivity contribution in [2.45, 2.75) is 20.3 Å². The zero-order chi connectivity index (χ0) is 9.84. The summed E-state index contributed by atoms with van der Waals surface area (Å²) in [5.41, 5.74) is 0.734. The molecular weight excluding hydrogens is 166 g/mol. The van der Waals surface area contributed by atoms with E-state index in [0.717, 1.165) is 12.1 Å². The van der Waals surface area contributed by atoms with Crippen molar-refractivity contribution >= 4 is 5.95 Å². The van der Waals surface area contributed by atoms with Gasteiger partial charge in [-0.25, -0.2) is 4.98 Å². The van der Waals surface area contributed by atoms with Crippen molar-refractivity contribution in [3.8, 4) is 0 Å². The average molecular weight is 181 g/mol. The van der Waals surface area contributed by atoms with Crippen LogP contribution in [0, 0.1) is 5.92 Å². The Morgan fingerprint density at radius 3 is 2.85 bits per heavy atom. The minimum Gasteiger partial charge on any atom is -0.359 e. The van der Waals surface area contributed by atoms with Crippen molar-refractivity contribution in [3.63, 3.8) is 0 Å². The Morgan fingerprint density at radius 2 is 2.31 bits per heavy atom. The molecule has 0 atom stereocenters. The molecule has 1 aromatic heterocycles. The van der Waals surface area contributed by atoms with Crippen molar-refractivity contribution in [2.24, 2.45) is 5.92 Å². The smallest absolute Gasteiger partial charge is 0.252 e. The maximum atomic E-state index is 11.1. The standard InChI is InChI=1S/C9H15N3O/c1-6(2)4-7-5-8(13)12-9(10-3)11-7/h5-6H,4H2,1-3H3,(H2,10,11,12,13). The van der Waals surface area contributed by atoms with E-state index in [-0.39, 0.29) is 5.56 Å². The van der Waals surface area contributed by atoms with Gasteiger partial charge in [0.05, 0.1) is 5.69 Å². The summed E-state index contributed by atoms with van der Waals surface area (Å²) in [6.07, 6.45) is 0.832. The minimum atomic E-state index is -0.102. The second-order valence-corrected chi connectivity index (χ2v) is 3.43. The van der Waals surface area contributed by atoms with Crippen molar-refractivity contribution in [3.05, 3.63) is 22.1 Å². The van der Waals surface area contributed by atoms with E-state index in [9.17, 15) is 4.79 Å². The predicted molar refractivity (Wildman–Crippen MR) is 52.9 cm³/mol. The molecule has 0 aromatic carbocycles. The highest BCUT2D eigenvalue weighted by atomic mass is 16.1. The van der Waals surface area contributed by atoms with Gasteiger partial charge in [0.1, 0.15) is 0 Å². The van der Waals surface area contributed by atoms with Crippen LogP contribution in [-0.2, 0) is 6.42 Å². The topological polar surface area (TPSA) is 57.8 Å². The van der Waals surface area contributed by atoms with E-state index in [1.165, 1.54) is 0 Å². The largest absolute Gasteiger partial charge is 0.359 e. The van der Waals surface area contributed by atoms with Crippen molar-refractivity contribution in [1.82, 2.24) is 9.97 Å². The van der Waals surface area contributed by atoms with Crippen molar-refractivity contribution < 1.29 is 0 Å². The van der Waals surface area contributed by atoms with Crippen LogP contribution in [0.3, 0.4) is 0 Å². The van der Waals surface area contributed by atoms with E-state index >= 15 is 0 Å². The Balaban J connectivity index is 2.95. The number of nitrogens with zero attached hydrogens (tertiary/aromatic N) is 1. The van der Waals surface area contributed by atoms with Gasteiger partial charge in [-0.1, -0.05) is 13.8 Å². The first-order valence-corrected chi connectivity index (χ1v) is 4.40. The molecule has 1 heterocycles. The van der Waals surface area contributed by atoms with Gasteiger partial charge < -0.3 is 5.32 Å². The van der Waals surface area contributed by atoms with E-state index in [0.29, 0.717) is 11.9 Å². The Kier molecular flexibility index (Phi) is 3.06. The molecule has 13 heavy (non-hydrogen) atoms. The summed E-state index contributed by atoms with van der Waals surface area (Å²) in [6.45, 7) is 4.20. The highest BCUT2D eigenvalue weighted by Gasteiger charge is 2.02. The van der Waals surface area contributed by atoms with E-state index < -0.39 is 0 Å². The molecule has 4 heteroatoms. The van der Waals surface area contributed by atoms with E-state index in [2.05, 4.69) is 29.1 Å². The van der Waals surface area contributed by atoms with E-state index in [4.69, 9.17) is 0 Å². The molecule has 0 amide bonds. The van der Waals surface area contributed by atoms with Gasteiger partial charge in [-0.2, -0.15) is 0 Å². The number of hydrogen-bond donors (Lipinski definition) is 2. The van der Waals surface area contributed by atoms with Crippen LogP contribution in [0.2, 0.25) is 0 Å². The first-order chi connectivity index (χ1) is 6.11.